The molecule has 1 fully saturated rings. The minimum absolute atomic E-state index is 0.0146. The molecule has 4 rings (SSSR count). The van der Waals surface area contributed by atoms with E-state index < -0.39 is 0 Å². The third kappa shape index (κ3) is 3.95. The Balaban J connectivity index is 1.50. The van der Waals surface area contributed by atoms with E-state index >= 15 is 0 Å². The zero-order valence-corrected chi connectivity index (χ0v) is 16.1. The fraction of sp³-hybridized carbons (Fsp3) is 0.375. The van der Waals surface area contributed by atoms with E-state index in [0.717, 1.165) is 44.3 Å². The quantitative estimate of drug-likeness (QED) is 0.583. The van der Waals surface area contributed by atoms with Gasteiger partial charge >= 0.3 is 5.97 Å². The van der Waals surface area contributed by atoms with Crippen LogP contribution in [0.5, 0.6) is 0 Å². The molecular formula is C24H24FNO2. The van der Waals surface area contributed by atoms with Gasteiger partial charge in [0.15, 0.2) is 0 Å². The van der Waals surface area contributed by atoms with Crippen molar-refractivity contribution in [3.05, 3.63) is 70.5 Å². The lowest BCUT2D eigenvalue weighted by atomic mass is 9.95. The molecule has 2 aromatic carbocycles. The highest BCUT2D eigenvalue weighted by molar-refractivity contribution is 5.72. The SMILES string of the molecule is COC(=O)[C@@H]1CCCN([C@@H]2CCc3cc(C#Cc4cccc(F)c4)ccc32)C1. The van der Waals surface area contributed by atoms with Crippen molar-refractivity contribution in [2.45, 2.75) is 31.7 Å². The van der Waals surface area contributed by atoms with Crippen molar-refractivity contribution in [3.63, 3.8) is 0 Å². The molecule has 0 saturated carbocycles. The van der Waals surface area contributed by atoms with Crippen LogP contribution in [-0.2, 0) is 16.0 Å². The van der Waals surface area contributed by atoms with Gasteiger partial charge in [0, 0.05) is 23.7 Å². The number of nitrogens with zero attached hydrogens (tertiary/aromatic N) is 1. The smallest absolute Gasteiger partial charge is 0.309 e. The molecular weight excluding hydrogens is 353 g/mol. The normalized spacial score (nSPS) is 21.5. The van der Waals surface area contributed by atoms with Crippen molar-refractivity contribution in [1.29, 1.82) is 0 Å². The Kier molecular flexibility index (Phi) is 5.45. The number of likely N-dealkylation sites (tertiary alicyclic amines) is 1. The summed E-state index contributed by atoms with van der Waals surface area (Å²) in [5.74, 6) is 5.82. The maximum absolute atomic E-state index is 13.3. The molecule has 2 atom stereocenters. The first-order chi connectivity index (χ1) is 13.6. The molecule has 0 aromatic heterocycles. The first-order valence-corrected chi connectivity index (χ1v) is 9.86. The first-order valence-electron chi connectivity index (χ1n) is 9.86. The number of piperidine rings is 1. The summed E-state index contributed by atoms with van der Waals surface area (Å²) in [6.07, 6.45) is 4.04. The minimum Gasteiger partial charge on any atom is -0.469 e. The number of halogens is 1. The molecule has 1 aliphatic carbocycles. The fourth-order valence-corrected chi connectivity index (χ4v) is 4.41. The second kappa shape index (κ2) is 8.16. The number of carbonyl (C=O) groups excluding carboxylic acids is 1. The molecule has 0 unspecified atom stereocenters. The van der Waals surface area contributed by atoms with Crippen molar-refractivity contribution in [1.82, 2.24) is 4.90 Å². The number of hydrogen-bond donors (Lipinski definition) is 0. The number of fused-ring (bicyclic) bond motifs is 1. The van der Waals surface area contributed by atoms with Crippen LogP contribution >= 0.6 is 0 Å². The van der Waals surface area contributed by atoms with Gasteiger partial charge in [0.25, 0.3) is 0 Å². The molecule has 28 heavy (non-hydrogen) atoms. The summed E-state index contributed by atoms with van der Waals surface area (Å²) in [6, 6.07) is 13.1. The third-order valence-corrected chi connectivity index (χ3v) is 5.79. The zero-order chi connectivity index (χ0) is 19.5. The monoisotopic (exact) mass is 377 g/mol. The standard InChI is InChI=1S/C24H24FNO2/c1-28-24(27)20-5-3-13-26(16-20)23-12-10-19-14-18(9-11-22(19)23)8-7-17-4-2-6-21(25)15-17/h2,4,6,9,11,14-15,20,23H,3,5,10,12-13,16H2,1H3/t20-,23-/m1/s1. The molecule has 0 spiro atoms. The van der Waals surface area contributed by atoms with E-state index in [0.29, 0.717) is 11.6 Å². The number of esters is 1. The van der Waals surface area contributed by atoms with Crippen molar-refractivity contribution >= 4 is 5.97 Å². The summed E-state index contributed by atoms with van der Waals surface area (Å²) < 4.78 is 18.2. The van der Waals surface area contributed by atoms with Crippen LogP contribution in [0.2, 0.25) is 0 Å². The summed E-state index contributed by atoms with van der Waals surface area (Å²) in [4.78, 5) is 14.4. The van der Waals surface area contributed by atoms with E-state index in [2.05, 4.69) is 28.9 Å². The third-order valence-electron chi connectivity index (χ3n) is 5.79. The predicted molar refractivity (Wildman–Crippen MR) is 106 cm³/mol. The number of hydrogen-bond acceptors (Lipinski definition) is 3. The van der Waals surface area contributed by atoms with Gasteiger partial charge < -0.3 is 4.74 Å². The average Bonchev–Trinajstić information content (AvgIpc) is 3.15. The van der Waals surface area contributed by atoms with Crippen LogP contribution in [0.25, 0.3) is 0 Å². The molecule has 2 aliphatic rings. The lowest BCUT2D eigenvalue weighted by molar-refractivity contribution is -0.147. The Morgan fingerprint density at radius 1 is 1.14 bits per heavy atom. The van der Waals surface area contributed by atoms with Crippen molar-refractivity contribution < 1.29 is 13.9 Å². The van der Waals surface area contributed by atoms with Crippen LogP contribution in [0.1, 0.15) is 47.6 Å². The molecule has 0 bridgehead atoms. The Morgan fingerprint density at radius 3 is 2.75 bits per heavy atom. The van der Waals surface area contributed by atoms with Crippen molar-refractivity contribution in [3.8, 4) is 11.8 Å². The van der Waals surface area contributed by atoms with Gasteiger partial charge in [-0.15, -0.1) is 0 Å². The van der Waals surface area contributed by atoms with Gasteiger partial charge in [-0.1, -0.05) is 24.0 Å². The van der Waals surface area contributed by atoms with E-state index in [1.165, 1.54) is 30.4 Å². The van der Waals surface area contributed by atoms with Gasteiger partial charge in [0.2, 0.25) is 0 Å². The molecule has 0 amide bonds. The highest BCUT2D eigenvalue weighted by atomic mass is 19.1. The number of ether oxygens (including phenoxy) is 1. The maximum atomic E-state index is 13.3. The Bertz CT molecular complexity index is 943. The van der Waals surface area contributed by atoms with Gasteiger partial charge in [-0.2, -0.15) is 0 Å². The van der Waals surface area contributed by atoms with Crippen molar-refractivity contribution in [2.75, 3.05) is 20.2 Å². The lowest BCUT2D eigenvalue weighted by Gasteiger charge is -2.36. The van der Waals surface area contributed by atoms with Gasteiger partial charge in [-0.25, -0.2) is 4.39 Å². The highest BCUT2D eigenvalue weighted by Gasteiger charge is 2.34. The largest absolute Gasteiger partial charge is 0.469 e. The molecule has 0 N–H and O–H groups in total. The zero-order valence-electron chi connectivity index (χ0n) is 16.1. The molecule has 3 nitrogen and oxygen atoms in total. The summed E-state index contributed by atoms with van der Waals surface area (Å²) in [5, 5.41) is 0. The summed E-state index contributed by atoms with van der Waals surface area (Å²) in [7, 11) is 1.47. The van der Waals surface area contributed by atoms with Crippen LogP contribution in [0.15, 0.2) is 42.5 Å². The van der Waals surface area contributed by atoms with Gasteiger partial charge in [-0.05, 0) is 73.7 Å². The Morgan fingerprint density at radius 2 is 1.96 bits per heavy atom. The van der Waals surface area contributed by atoms with E-state index in [9.17, 15) is 9.18 Å². The summed E-state index contributed by atoms with van der Waals surface area (Å²) in [6.45, 7) is 1.80. The maximum Gasteiger partial charge on any atom is 0.309 e. The molecule has 0 radical (unpaired) electrons. The topological polar surface area (TPSA) is 29.5 Å². The number of carbonyl (C=O) groups is 1. The molecule has 1 aliphatic heterocycles. The first kappa shape index (κ1) is 18.7. The molecule has 2 aromatic rings. The molecule has 144 valence electrons. The Hall–Kier alpha value is -2.64. The van der Waals surface area contributed by atoms with Crippen LogP contribution in [0.3, 0.4) is 0 Å². The average molecular weight is 377 g/mol. The van der Waals surface area contributed by atoms with Gasteiger partial charge in [0.05, 0.1) is 13.0 Å². The van der Waals surface area contributed by atoms with Gasteiger partial charge in [0.1, 0.15) is 5.82 Å². The van der Waals surface area contributed by atoms with E-state index in [-0.39, 0.29) is 17.7 Å². The lowest BCUT2D eigenvalue weighted by Crippen LogP contribution is -2.40. The van der Waals surface area contributed by atoms with E-state index in [4.69, 9.17) is 4.74 Å². The number of rotatable bonds is 2. The highest BCUT2D eigenvalue weighted by Crippen LogP contribution is 2.38. The summed E-state index contributed by atoms with van der Waals surface area (Å²) >= 11 is 0. The van der Waals surface area contributed by atoms with Crippen LogP contribution in [-0.4, -0.2) is 31.1 Å². The van der Waals surface area contributed by atoms with Gasteiger partial charge in [-0.3, -0.25) is 9.69 Å². The van der Waals surface area contributed by atoms with E-state index in [1.807, 2.05) is 12.1 Å². The predicted octanol–water partition coefficient (Wildman–Crippen LogP) is 4.10. The number of aryl methyl sites for hydroxylation is 1. The Labute approximate surface area is 165 Å². The molecule has 1 heterocycles. The van der Waals surface area contributed by atoms with Crippen LogP contribution < -0.4 is 0 Å². The molecule has 4 heteroatoms. The molecule has 1 saturated heterocycles. The van der Waals surface area contributed by atoms with Crippen LogP contribution in [0.4, 0.5) is 4.39 Å². The van der Waals surface area contributed by atoms with Crippen LogP contribution in [0, 0.1) is 23.6 Å². The second-order valence-electron chi connectivity index (χ2n) is 7.59. The van der Waals surface area contributed by atoms with E-state index in [1.54, 1.807) is 6.07 Å². The summed E-state index contributed by atoms with van der Waals surface area (Å²) in [5.41, 5.74) is 4.31. The van der Waals surface area contributed by atoms with Crippen molar-refractivity contribution in [2.24, 2.45) is 5.92 Å². The fourth-order valence-electron chi connectivity index (χ4n) is 4.41. The number of benzene rings is 2. The second-order valence-corrected chi connectivity index (χ2v) is 7.59. The number of methoxy groups -OCH3 is 1. The minimum atomic E-state index is -0.268.